The molecule has 242 valence electrons. The quantitative estimate of drug-likeness (QED) is 0.257. The lowest BCUT2D eigenvalue weighted by Crippen LogP contribution is -2.48. The van der Waals surface area contributed by atoms with Crippen molar-refractivity contribution < 1.29 is 37.0 Å². The minimum atomic E-state index is -4.91. The largest absolute Gasteiger partial charge is 0.496 e. The van der Waals surface area contributed by atoms with E-state index in [2.05, 4.69) is 21.6 Å². The summed E-state index contributed by atoms with van der Waals surface area (Å²) in [6.07, 6.45) is 1.71. The fraction of sp³-hybridized carbons (Fsp3) is 0.529. The summed E-state index contributed by atoms with van der Waals surface area (Å²) in [5.41, 5.74) is 1.09. The minimum Gasteiger partial charge on any atom is -0.496 e. The number of fused-ring (bicyclic) bond motifs is 3. The smallest absolute Gasteiger partial charge is 0.419 e. The molecule has 3 saturated carbocycles. The van der Waals surface area contributed by atoms with Crippen molar-refractivity contribution in [2.24, 2.45) is 23.7 Å². The number of carbonyl (C=O) groups is 2. The molecule has 2 aromatic carbocycles. The highest BCUT2D eigenvalue weighted by molar-refractivity contribution is 5.99. The molecule has 2 amide bonds. The van der Waals surface area contributed by atoms with E-state index >= 15 is 0 Å². The van der Waals surface area contributed by atoms with Gasteiger partial charge >= 0.3 is 6.18 Å². The first-order valence-corrected chi connectivity index (χ1v) is 15.6. The first kappa shape index (κ1) is 31.5. The van der Waals surface area contributed by atoms with Crippen LogP contribution in [0, 0.1) is 29.5 Å². The van der Waals surface area contributed by atoms with Crippen LogP contribution in [0.4, 0.5) is 23.2 Å². The fourth-order valence-corrected chi connectivity index (χ4v) is 7.51. The Labute approximate surface area is 260 Å². The summed E-state index contributed by atoms with van der Waals surface area (Å²) in [4.78, 5) is 29.8. The summed E-state index contributed by atoms with van der Waals surface area (Å²) in [6.45, 7) is 5.39. The van der Waals surface area contributed by atoms with Gasteiger partial charge in [0.15, 0.2) is 0 Å². The van der Waals surface area contributed by atoms with Crippen LogP contribution in [0.1, 0.15) is 66.6 Å². The predicted molar refractivity (Wildman–Crippen MR) is 160 cm³/mol. The van der Waals surface area contributed by atoms with E-state index in [-0.39, 0.29) is 23.4 Å². The molecule has 3 aliphatic carbocycles. The molecule has 0 saturated heterocycles. The lowest BCUT2D eigenvalue weighted by atomic mass is 9.83. The van der Waals surface area contributed by atoms with Crippen LogP contribution < -0.4 is 15.4 Å². The van der Waals surface area contributed by atoms with Crippen molar-refractivity contribution in [3.63, 3.8) is 0 Å². The number of nitrogens with one attached hydrogen (secondary N) is 2. The molecule has 0 spiro atoms. The average molecular weight is 630 g/mol. The first-order valence-electron chi connectivity index (χ1n) is 15.6. The molecule has 45 heavy (non-hydrogen) atoms. The van der Waals surface area contributed by atoms with Gasteiger partial charge in [-0.25, -0.2) is 4.39 Å². The number of aliphatic hydroxyl groups is 1. The maximum atomic E-state index is 13.9. The average Bonchev–Trinajstić information content (AvgIpc) is 3.64. The van der Waals surface area contributed by atoms with E-state index in [1.165, 1.54) is 7.11 Å². The number of carbonyl (C=O) groups excluding carboxylic acids is 2. The van der Waals surface area contributed by atoms with Crippen LogP contribution in [0.3, 0.4) is 0 Å². The number of benzene rings is 2. The van der Waals surface area contributed by atoms with Gasteiger partial charge in [-0.2, -0.15) is 13.2 Å². The topological polar surface area (TPSA) is 90.9 Å². The summed E-state index contributed by atoms with van der Waals surface area (Å²) in [5.74, 6) is -2.34. The molecule has 11 heteroatoms. The highest BCUT2D eigenvalue weighted by Gasteiger charge is 2.55. The highest BCUT2D eigenvalue weighted by atomic mass is 19.4. The van der Waals surface area contributed by atoms with Gasteiger partial charge in [0.2, 0.25) is 5.91 Å². The molecule has 6 rings (SSSR count). The molecule has 7 nitrogen and oxygen atoms in total. The minimum absolute atomic E-state index is 0.0618. The number of alkyl halides is 3. The molecule has 3 fully saturated rings. The standard InChI is InChI=1S/C34H39F4N3O4/c1-33(2,44)17-41-11-10-19-13-25(28(45-3)14-20(19)16-41)31(42)40-30-23-8-7-22(24(23)12-18-4-5-18)29(30)32(43)39-21-6-9-27(35)26(15-21)34(36,37)38/h6,9,12-15,18,22-23,29-30,44H,4-5,7-8,10-11,16-17H2,1-3H3,(H,39,43)(H,40,42)/b24-12-/t22?,23?,29-,30+/m0/s1. The molecule has 2 unspecified atom stereocenters. The van der Waals surface area contributed by atoms with E-state index in [0.717, 1.165) is 55.0 Å². The lowest BCUT2D eigenvalue weighted by molar-refractivity contribution is -0.140. The monoisotopic (exact) mass is 629 g/mol. The second kappa shape index (κ2) is 11.7. The zero-order chi connectivity index (χ0) is 32.3. The third-order valence-corrected chi connectivity index (χ3v) is 9.56. The van der Waals surface area contributed by atoms with Gasteiger partial charge in [-0.05, 0) is 99.2 Å². The number of anilines is 1. The SMILES string of the molecule is COc1cc2c(cc1C(=O)N[C@@H]1C3CCC(/C3=C/C3CC3)[C@@H]1C(=O)Nc1ccc(F)c(C(F)(F)F)c1)CCN(CC(C)(C)O)C2. The van der Waals surface area contributed by atoms with Crippen molar-refractivity contribution in [2.45, 2.75) is 70.3 Å². The summed E-state index contributed by atoms with van der Waals surface area (Å²) in [7, 11) is 1.50. The molecule has 2 aromatic rings. The number of hydrogen-bond acceptors (Lipinski definition) is 5. The number of allylic oxidation sites excluding steroid dienone is 1. The lowest BCUT2D eigenvalue weighted by Gasteiger charge is -2.34. The van der Waals surface area contributed by atoms with Crippen molar-refractivity contribution >= 4 is 17.5 Å². The van der Waals surface area contributed by atoms with Crippen LogP contribution >= 0.6 is 0 Å². The molecule has 0 radical (unpaired) electrons. The second-order valence-electron chi connectivity index (χ2n) is 13.6. The van der Waals surface area contributed by atoms with E-state index < -0.39 is 41.0 Å². The molecule has 0 aromatic heterocycles. The number of nitrogens with zero attached hydrogens (tertiary/aromatic N) is 1. The number of ether oxygens (including phenoxy) is 1. The van der Waals surface area contributed by atoms with E-state index in [9.17, 15) is 32.3 Å². The normalized spacial score (nSPS) is 25.7. The first-order chi connectivity index (χ1) is 21.2. The van der Waals surface area contributed by atoms with Gasteiger partial charge in [-0.3, -0.25) is 14.5 Å². The van der Waals surface area contributed by atoms with Gasteiger partial charge in [0.1, 0.15) is 11.6 Å². The van der Waals surface area contributed by atoms with Gasteiger partial charge in [0, 0.05) is 37.3 Å². The van der Waals surface area contributed by atoms with Gasteiger partial charge in [0.05, 0.1) is 29.8 Å². The summed E-state index contributed by atoms with van der Waals surface area (Å²) < 4.78 is 59.6. The molecule has 1 heterocycles. The number of methoxy groups -OCH3 is 1. The Hall–Kier alpha value is -3.44. The predicted octanol–water partition coefficient (Wildman–Crippen LogP) is 5.71. The van der Waals surface area contributed by atoms with E-state index in [1.54, 1.807) is 13.8 Å². The van der Waals surface area contributed by atoms with Crippen LogP contribution in [0.15, 0.2) is 42.0 Å². The molecule has 4 atom stereocenters. The third-order valence-electron chi connectivity index (χ3n) is 9.56. The van der Waals surface area contributed by atoms with Crippen LogP contribution in [0.5, 0.6) is 5.75 Å². The number of rotatable bonds is 8. The van der Waals surface area contributed by atoms with Gasteiger partial charge in [-0.1, -0.05) is 11.6 Å². The van der Waals surface area contributed by atoms with Crippen LogP contribution in [-0.2, 0) is 23.9 Å². The van der Waals surface area contributed by atoms with Crippen LogP contribution in [0.25, 0.3) is 0 Å². The zero-order valence-corrected chi connectivity index (χ0v) is 25.6. The van der Waals surface area contributed by atoms with Crippen molar-refractivity contribution in [3.8, 4) is 5.75 Å². The third kappa shape index (κ3) is 6.60. The van der Waals surface area contributed by atoms with Gasteiger partial charge < -0.3 is 20.5 Å². The molecule has 4 aliphatic rings. The molecular formula is C34H39F4N3O4. The molecular weight excluding hydrogens is 590 g/mol. The molecule has 2 bridgehead atoms. The maximum absolute atomic E-state index is 13.9. The summed E-state index contributed by atoms with van der Waals surface area (Å²) >= 11 is 0. The van der Waals surface area contributed by atoms with Gasteiger partial charge in [0.25, 0.3) is 5.91 Å². The van der Waals surface area contributed by atoms with E-state index in [1.807, 2.05) is 12.1 Å². The number of amides is 2. The Morgan fingerprint density at radius 2 is 1.80 bits per heavy atom. The van der Waals surface area contributed by atoms with Crippen molar-refractivity contribution in [2.75, 3.05) is 25.5 Å². The van der Waals surface area contributed by atoms with Crippen molar-refractivity contribution in [1.29, 1.82) is 0 Å². The summed E-state index contributed by atoms with van der Waals surface area (Å²) in [5, 5.41) is 16.0. The summed E-state index contributed by atoms with van der Waals surface area (Å²) in [6, 6.07) is 5.55. The molecule has 1 aliphatic heterocycles. The number of β-amino-alcohol motifs (C(OH)–C–C–N with tert-alkyl or cyclic N) is 1. The van der Waals surface area contributed by atoms with E-state index in [0.29, 0.717) is 48.9 Å². The number of hydrogen-bond donors (Lipinski definition) is 3. The Kier molecular flexibility index (Phi) is 8.22. The maximum Gasteiger partial charge on any atom is 0.419 e. The van der Waals surface area contributed by atoms with Crippen LogP contribution in [-0.4, -0.2) is 53.7 Å². The Morgan fingerprint density at radius 3 is 2.47 bits per heavy atom. The van der Waals surface area contributed by atoms with Crippen LogP contribution in [0.2, 0.25) is 0 Å². The number of halogens is 4. The van der Waals surface area contributed by atoms with E-state index in [4.69, 9.17) is 4.74 Å². The van der Waals surface area contributed by atoms with Gasteiger partial charge in [-0.15, -0.1) is 0 Å². The highest BCUT2D eigenvalue weighted by Crippen LogP contribution is 2.54. The fourth-order valence-electron chi connectivity index (χ4n) is 7.51. The zero-order valence-electron chi connectivity index (χ0n) is 25.6. The van der Waals surface area contributed by atoms with Crippen molar-refractivity contribution in [3.05, 3.63) is 70.1 Å². The molecule has 3 N–H and O–H groups in total. The van der Waals surface area contributed by atoms with Crippen molar-refractivity contribution in [1.82, 2.24) is 10.2 Å². The Bertz CT molecular complexity index is 1530. The Morgan fingerprint density at radius 1 is 1.07 bits per heavy atom. The second-order valence-corrected chi connectivity index (χ2v) is 13.6. The Balaban J connectivity index is 1.26.